The van der Waals surface area contributed by atoms with Gasteiger partial charge in [-0.25, -0.2) is 4.39 Å². The van der Waals surface area contributed by atoms with E-state index in [0.717, 1.165) is 12.1 Å². The Morgan fingerprint density at radius 2 is 1.77 bits per heavy atom. The number of ether oxygens (including phenoxy) is 1. The third kappa shape index (κ3) is 4.74. The van der Waals surface area contributed by atoms with Crippen molar-refractivity contribution in [2.24, 2.45) is 0 Å². The van der Waals surface area contributed by atoms with Crippen molar-refractivity contribution in [1.82, 2.24) is 30.3 Å². The van der Waals surface area contributed by atoms with Gasteiger partial charge in [0.05, 0.1) is 11.4 Å². The summed E-state index contributed by atoms with van der Waals surface area (Å²) in [6.07, 6.45) is -4.77. The molecule has 0 radical (unpaired) electrons. The zero-order chi connectivity index (χ0) is 21.1. The topological polar surface area (TPSA) is 91.8 Å². The van der Waals surface area contributed by atoms with Crippen LogP contribution in [-0.4, -0.2) is 36.7 Å². The average molecular weight is 438 g/mol. The Labute approximate surface area is 169 Å². The van der Waals surface area contributed by atoms with Gasteiger partial charge in [0.25, 0.3) is 0 Å². The van der Waals surface area contributed by atoms with Gasteiger partial charge in [0, 0.05) is 5.56 Å². The summed E-state index contributed by atoms with van der Waals surface area (Å²) >= 11 is 1.19. The van der Waals surface area contributed by atoms with Gasteiger partial charge in [-0.3, -0.25) is 0 Å². The standard InChI is InChI=1S/C17H10F4N6O2S/c18-11-3-1-10(2-4-11)15-22-14(29-24-15)9-30-16-23-25-26-27(16)12-5-7-13(8-6-12)28-17(19,20)21/h1-8H,9H2. The normalized spacial score (nSPS) is 11.6. The van der Waals surface area contributed by atoms with E-state index in [9.17, 15) is 17.6 Å². The Bertz CT molecular complexity index is 1130. The largest absolute Gasteiger partial charge is 0.573 e. The molecule has 0 N–H and O–H groups in total. The highest BCUT2D eigenvalue weighted by Crippen LogP contribution is 2.26. The second-order valence-corrected chi connectivity index (χ2v) is 6.66. The van der Waals surface area contributed by atoms with E-state index >= 15 is 0 Å². The number of thioether (sulfide) groups is 1. The van der Waals surface area contributed by atoms with Crippen LogP contribution in [0.4, 0.5) is 17.6 Å². The molecule has 0 saturated carbocycles. The van der Waals surface area contributed by atoms with Crippen LogP contribution in [0.1, 0.15) is 5.89 Å². The van der Waals surface area contributed by atoms with Crippen molar-refractivity contribution in [2.75, 3.05) is 0 Å². The molecule has 0 unspecified atom stereocenters. The SMILES string of the molecule is Fc1ccc(-c2noc(CSc3nnnn3-c3ccc(OC(F)(F)F)cc3)n2)cc1. The Morgan fingerprint density at radius 3 is 2.47 bits per heavy atom. The number of nitrogens with zero attached hydrogens (tertiary/aromatic N) is 6. The molecule has 4 rings (SSSR count). The van der Waals surface area contributed by atoms with Gasteiger partial charge in [0.2, 0.25) is 16.9 Å². The first kappa shape index (κ1) is 19.8. The van der Waals surface area contributed by atoms with Crippen LogP contribution in [0.3, 0.4) is 0 Å². The molecule has 0 atom stereocenters. The maximum Gasteiger partial charge on any atom is 0.573 e. The lowest BCUT2D eigenvalue weighted by atomic mass is 10.2. The number of alkyl halides is 3. The van der Waals surface area contributed by atoms with Gasteiger partial charge in [-0.1, -0.05) is 16.9 Å². The fourth-order valence-corrected chi connectivity index (χ4v) is 3.10. The Kier molecular flexibility index (Phi) is 5.35. The number of aromatic nitrogens is 6. The molecule has 30 heavy (non-hydrogen) atoms. The molecule has 0 aliphatic rings. The fourth-order valence-electron chi connectivity index (χ4n) is 2.38. The average Bonchev–Trinajstić information content (AvgIpc) is 3.36. The van der Waals surface area contributed by atoms with E-state index in [1.54, 1.807) is 0 Å². The zero-order valence-electron chi connectivity index (χ0n) is 14.7. The minimum absolute atomic E-state index is 0.240. The van der Waals surface area contributed by atoms with Crippen molar-refractivity contribution >= 4 is 11.8 Å². The number of rotatable bonds is 6. The molecule has 0 fully saturated rings. The predicted molar refractivity (Wildman–Crippen MR) is 95.1 cm³/mol. The Balaban J connectivity index is 1.44. The van der Waals surface area contributed by atoms with Gasteiger partial charge in [-0.15, -0.1) is 18.3 Å². The quantitative estimate of drug-likeness (QED) is 0.329. The monoisotopic (exact) mass is 438 g/mol. The van der Waals surface area contributed by atoms with Crippen LogP contribution in [0.2, 0.25) is 0 Å². The zero-order valence-corrected chi connectivity index (χ0v) is 15.6. The second kappa shape index (κ2) is 8.10. The summed E-state index contributed by atoms with van der Waals surface area (Å²) in [6, 6.07) is 10.7. The van der Waals surface area contributed by atoms with Crippen LogP contribution < -0.4 is 4.74 Å². The summed E-state index contributed by atoms with van der Waals surface area (Å²) in [5.41, 5.74) is 1.04. The van der Waals surface area contributed by atoms with Crippen molar-refractivity contribution in [2.45, 2.75) is 17.3 Å². The van der Waals surface area contributed by atoms with Gasteiger partial charge in [-0.05, 0) is 59.0 Å². The van der Waals surface area contributed by atoms with Crippen molar-refractivity contribution in [3.05, 3.63) is 60.2 Å². The summed E-state index contributed by atoms with van der Waals surface area (Å²) in [7, 11) is 0. The number of halogens is 4. The molecule has 0 spiro atoms. The van der Waals surface area contributed by atoms with E-state index in [1.807, 2.05) is 0 Å². The second-order valence-electron chi connectivity index (χ2n) is 5.72. The van der Waals surface area contributed by atoms with Crippen LogP contribution in [0, 0.1) is 5.82 Å². The summed E-state index contributed by atoms with van der Waals surface area (Å²) in [5.74, 6) is 0.118. The van der Waals surface area contributed by atoms with E-state index in [-0.39, 0.29) is 17.3 Å². The Morgan fingerprint density at radius 1 is 1.03 bits per heavy atom. The highest BCUT2D eigenvalue weighted by atomic mass is 32.2. The van der Waals surface area contributed by atoms with Crippen LogP contribution in [0.5, 0.6) is 5.75 Å². The molecule has 13 heteroatoms. The van der Waals surface area contributed by atoms with Crippen molar-refractivity contribution < 1.29 is 26.8 Å². The van der Waals surface area contributed by atoms with Crippen molar-refractivity contribution in [1.29, 1.82) is 0 Å². The van der Waals surface area contributed by atoms with Gasteiger partial charge in [-0.2, -0.15) is 9.67 Å². The lowest BCUT2D eigenvalue weighted by Crippen LogP contribution is -2.17. The summed E-state index contributed by atoms with van der Waals surface area (Å²) in [4.78, 5) is 4.24. The van der Waals surface area contributed by atoms with E-state index in [1.165, 1.54) is 52.8 Å². The van der Waals surface area contributed by atoms with Crippen LogP contribution in [0.15, 0.2) is 58.2 Å². The van der Waals surface area contributed by atoms with Crippen LogP contribution in [0.25, 0.3) is 17.1 Å². The molecule has 4 aromatic rings. The third-order valence-corrected chi connectivity index (χ3v) is 4.56. The maximum absolute atomic E-state index is 13.0. The van der Waals surface area contributed by atoms with E-state index < -0.39 is 6.36 Å². The molecule has 8 nitrogen and oxygen atoms in total. The molecule has 0 bridgehead atoms. The predicted octanol–water partition coefficient (Wildman–Crippen LogP) is 4.04. The molecule has 2 aromatic carbocycles. The minimum Gasteiger partial charge on any atom is -0.406 e. The first-order valence-electron chi connectivity index (χ1n) is 8.23. The number of hydrogen-bond acceptors (Lipinski definition) is 8. The summed E-state index contributed by atoms with van der Waals surface area (Å²) < 4.78 is 60.2. The van der Waals surface area contributed by atoms with Crippen molar-refractivity contribution in [3.8, 4) is 22.8 Å². The molecule has 0 aliphatic heterocycles. The molecule has 0 saturated heterocycles. The van der Waals surface area contributed by atoms with E-state index in [0.29, 0.717) is 28.1 Å². The van der Waals surface area contributed by atoms with Crippen molar-refractivity contribution in [3.63, 3.8) is 0 Å². The molecular formula is C17H10F4N6O2S. The minimum atomic E-state index is -4.77. The fraction of sp³-hybridized carbons (Fsp3) is 0.118. The molecule has 0 aliphatic carbocycles. The van der Waals surface area contributed by atoms with Gasteiger partial charge >= 0.3 is 6.36 Å². The molecule has 154 valence electrons. The molecule has 2 aromatic heterocycles. The lowest BCUT2D eigenvalue weighted by molar-refractivity contribution is -0.274. The van der Waals surface area contributed by atoms with Crippen LogP contribution >= 0.6 is 11.8 Å². The highest BCUT2D eigenvalue weighted by Gasteiger charge is 2.31. The molecule has 0 amide bonds. The number of tetrazole rings is 1. The van der Waals surface area contributed by atoms with E-state index in [2.05, 4.69) is 30.4 Å². The van der Waals surface area contributed by atoms with Gasteiger partial charge in [0.15, 0.2) is 0 Å². The first-order valence-corrected chi connectivity index (χ1v) is 9.22. The lowest BCUT2D eigenvalue weighted by Gasteiger charge is -2.09. The van der Waals surface area contributed by atoms with Gasteiger partial charge in [0.1, 0.15) is 11.6 Å². The maximum atomic E-state index is 13.0. The van der Waals surface area contributed by atoms with Gasteiger partial charge < -0.3 is 9.26 Å². The summed E-state index contributed by atoms with van der Waals surface area (Å²) in [6.45, 7) is 0. The number of hydrogen-bond donors (Lipinski definition) is 0. The number of benzene rings is 2. The summed E-state index contributed by atoms with van der Waals surface area (Å²) in [5, 5.41) is 15.5. The highest BCUT2D eigenvalue weighted by molar-refractivity contribution is 7.98. The molecular weight excluding hydrogens is 428 g/mol. The smallest absolute Gasteiger partial charge is 0.406 e. The first-order chi connectivity index (χ1) is 14.4. The molecule has 2 heterocycles. The van der Waals surface area contributed by atoms with E-state index in [4.69, 9.17) is 4.52 Å². The Hall–Kier alpha value is -3.48. The van der Waals surface area contributed by atoms with Crippen LogP contribution in [-0.2, 0) is 5.75 Å². The third-order valence-electron chi connectivity index (χ3n) is 3.65.